The lowest BCUT2D eigenvalue weighted by Gasteiger charge is -2.42. The Kier molecular flexibility index (Phi) is 6.74. The first-order chi connectivity index (χ1) is 16.4. The predicted octanol–water partition coefficient (Wildman–Crippen LogP) is 3.13. The van der Waals surface area contributed by atoms with Crippen LogP contribution in [0, 0.1) is 17.2 Å². The molecular weight excluding hydrogens is 465 g/mol. The number of carbonyl (C=O) groups is 2. The lowest BCUT2D eigenvalue weighted by Crippen LogP contribution is -2.63. The fourth-order valence-electron chi connectivity index (χ4n) is 5.11. The Balaban J connectivity index is 1.48. The third-order valence-corrected chi connectivity index (χ3v) is 6.87. The van der Waals surface area contributed by atoms with Crippen molar-refractivity contribution in [3.63, 3.8) is 0 Å². The van der Waals surface area contributed by atoms with E-state index < -0.39 is 42.2 Å². The number of methoxy groups -OCH3 is 1. The first kappa shape index (κ1) is 25.3. The van der Waals surface area contributed by atoms with E-state index >= 15 is 0 Å². The van der Waals surface area contributed by atoms with Crippen LogP contribution in [0.1, 0.15) is 51.1 Å². The summed E-state index contributed by atoms with van der Waals surface area (Å²) in [6.07, 6.45) is -5.84. The molecule has 1 saturated heterocycles. The zero-order valence-electron chi connectivity index (χ0n) is 19.9. The molecule has 3 aliphatic rings. The summed E-state index contributed by atoms with van der Waals surface area (Å²) in [5.41, 5.74) is -0.0312. The van der Waals surface area contributed by atoms with Gasteiger partial charge in [0.2, 0.25) is 11.8 Å². The monoisotopic (exact) mass is 496 g/mol. The Morgan fingerprint density at radius 2 is 2.06 bits per heavy atom. The third kappa shape index (κ3) is 5.39. The number of amides is 2. The number of benzene rings is 1. The molecule has 0 spiro atoms. The number of hydrogen-bond donors (Lipinski definition) is 3. The van der Waals surface area contributed by atoms with Crippen LogP contribution in [0.5, 0.6) is 5.75 Å². The van der Waals surface area contributed by atoms with Gasteiger partial charge in [-0.25, -0.2) is 0 Å². The highest BCUT2D eigenvalue weighted by Gasteiger charge is 2.53. The Hall–Kier alpha value is -2.82. The van der Waals surface area contributed by atoms with Gasteiger partial charge >= 0.3 is 6.18 Å². The summed E-state index contributed by atoms with van der Waals surface area (Å²) in [5.74, 6) is -1.14. The number of nitrogens with one attached hydrogen (secondary N) is 3. The van der Waals surface area contributed by atoms with Gasteiger partial charge in [-0.1, -0.05) is 18.2 Å². The molecule has 2 aliphatic heterocycles. The van der Waals surface area contributed by atoms with Crippen LogP contribution in [0.2, 0.25) is 0 Å². The molecule has 11 heteroatoms. The van der Waals surface area contributed by atoms with Gasteiger partial charge < -0.3 is 20.1 Å². The summed E-state index contributed by atoms with van der Waals surface area (Å²) in [5, 5.41) is 14.2. The van der Waals surface area contributed by atoms with Gasteiger partial charge in [-0.05, 0) is 38.7 Å². The van der Waals surface area contributed by atoms with Crippen LogP contribution in [-0.2, 0) is 14.3 Å². The number of guanidine groups is 1. The topological polar surface area (TPSA) is 104 Å². The second-order valence-corrected chi connectivity index (χ2v) is 10.1. The highest BCUT2D eigenvalue weighted by molar-refractivity contribution is 5.99. The molecule has 0 bridgehead atoms. The van der Waals surface area contributed by atoms with Crippen molar-refractivity contribution in [2.24, 2.45) is 11.8 Å². The SMILES string of the molecule is COCCC([C@@H]1C[C@H]1C(=O)N[C@@H]1C[C@H](C(F)(F)F)Oc2ccccc21)N1C(=N)NC(C)(C)CC1=O. The summed E-state index contributed by atoms with van der Waals surface area (Å²) in [6, 6.07) is 5.15. The molecule has 1 saturated carbocycles. The van der Waals surface area contributed by atoms with Crippen LogP contribution in [0.15, 0.2) is 24.3 Å². The standard InChI is InChI=1S/C24H31F3N4O4/c1-23(2)12-20(32)31(22(28)30-23)17(8-9-34-3)14-10-15(14)21(33)29-16-11-19(24(25,26)27)35-18-7-5-4-6-13(16)18/h4-7,14-17,19H,8-12H2,1-3H3,(H2,28,30)(H,29,33)/t14-,15-,16-,17?,19-/m1/s1. The van der Waals surface area contributed by atoms with Gasteiger partial charge in [0.1, 0.15) is 5.75 Å². The van der Waals surface area contributed by atoms with Crippen molar-refractivity contribution < 1.29 is 32.2 Å². The number of alkyl halides is 3. The number of hydrogen-bond acceptors (Lipinski definition) is 5. The molecule has 0 radical (unpaired) electrons. The molecule has 0 aromatic heterocycles. The zero-order chi connectivity index (χ0) is 25.5. The van der Waals surface area contributed by atoms with Crippen molar-refractivity contribution in [3.05, 3.63) is 29.8 Å². The van der Waals surface area contributed by atoms with E-state index in [0.29, 0.717) is 25.0 Å². The maximum absolute atomic E-state index is 13.4. The minimum Gasteiger partial charge on any atom is -0.480 e. The smallest absolute Gasteiger partial charge is 0.425 e. The van der Waals surface area contributed by atoms with E-state index in [9.17, 15) is 22.8 Å². The molecule has 2 amide bonds. The number of fused-ring (bicyclic) bond motifs is 1. The second-order valence-electron chi connectivity index (χ2n) is 10.1. The quantitative estimate of drug-likeness (QED) is 0.538. The van der Waals surface area contributed by atoms with Crippen molar-refractivity contribution >= 4 is 17.8 Å². The van der Waals surface area contributed by atoms with E-state index in [1.807, 2.05) is 13.8 Å². The lowest BCUT2D eigenvalue weighted by atomic mass is 9.94. The van der Waals surface area contributed by atoms with Gasteiger partial charge in [0.05, 0.1) is 6.04 Å². The van der Waals surface area contributed by atoms with Crippen LogP contribution in [0.3, 0.4) is 0 Å². The molecule has 5 atom stereocenters. The van der Waals surface area contributed by atoms with E-state index in [4.69, 9.17) is 14.9 Å². The maximum Gasteiger partial charge on any atom is 0.425 e. The molecule has 1 aromatic rings. The summed E-state index contributed by atoms with van der Waals surface area (Å²) < 4.78 is 50.6. The molecule has 35 heavy (non-hydrogen) atoms. The number of rotatable bonds is 7. The Morgan fingerprint density at radius 3 is 2.71 bits per heavy atom. The van der Waals surface area contributed by atoms with E-state index in [1.165, 1.54) is 11.0 Å². The molecule has 1 unspecified atom stereocenters. The van der Waals surface area contributed by atoms with Crippen molar-refractivity contribution in [2.75, 3.05) is 13.7 Å². The minimum absolute atomic E-state index is 0.00946. The molecule has 3 N–H and O–H groups in total. The Bertz CT molecular complexity index is 979. The Labute approximate surface area is 202 Å². The number of ether oxygens (including phenoxy) is 2. The molecule has 4 rings (SSSR count). The first-order valence-corrected chi connectivity index (χ1v) is 11.7. The Morgan fingerprint density at radius 1 is 1.34 bits per heavy atom. The molecule has 192 valence electrons. The van der Waals surface area contributed by atoms with E-state index in [-0.39, 0.29) is 35.9 Å². The largest absolute Gasteiger partial charge is 0.480 e. The zero-order valence-corrected chi connectivity index (χ0v) is 19.9. The second kappa shape index (κ2) is 9.33. The average molecular weight is 497 g/mol. The predicted molar refractivity (Wildman–Crippen MR) is 121 cm³/mol. The van der Waals surface area contributed by atoms with E-state index in [2.05, 4.69) is 10.6 Å². The van der Waals surface area contributed by atoms with Crippen molar-refractivity contribution in [1.29, 1.82) is 5.41 Å². The summed E-state index contributed by atoms with van der Waals surface area (Å²) >= 11 is 0. The summed E-state index contributed by atoms with van der Waals surface area (Å²) in [6.45, 7) is 4.03. The highest BCUT2D eigenvalue weighted by atomic mass is 19.4. The fraction of sp³-hybridized carbons (Fsp3) is 0.625. The summed E-state index contributed by atoms with van der Waals surface area (Å²) in [4.78, 5) is 27.4. The molecular formula is C24H31F3N4O4. The molecule has 2 fully saturated rings. The van der Waals surface area contributed by atoms with Gasteiger partial charge in [-0.15, -0.1) is 0 Å². The van der Waals surface area contributed by atoms with Gasteiger partial charge in [0.25, 0.3) is 0 Å². The normalized spacial score (nSPS) is 28.5. The van der Waals surface area contributed by atoms with Crippen LogP contribution >= 0.6 is 0 Å². The fourth-order valence-corrected chi connectivity index (χ4v) is 5.11. The van der Waals surface area contributed by atoms with Gasteiger partial charge in [-0.2, -0.15) is 13.2 Å². The molecule has 1 aromatic carbocycles. The molecule has 1 aliphatic carbocycles. The lowest BCUT2D eigenvalue weighted by molar-refractivity contribution is -0.201. The van der Waals surface area contributed by atoms with Crippen LogP contribution in [-0.4, -0.2) is 60.3 Å². The van der Waals surface area contributed by atoms with Gasteiger partial charge in [0, 0.05) is 49.6 Å². The average Bonchev–Trinajstić information content (AvgIpc) is 3.55. The van der Waals surface area contributed by atoms with E-state index in [0.717, 1.165) is 0 Å². The number of nitrogens with zero attached hydrogens (tertiary/aromatic N) is 1. The molecule has 8 nitrogen and oxygen atoms in total. The summed E-state index contributed by atoms with van der Waals surface area (Å²) in [7, 11) is 1.54. The van der Waals surface area contributed by atoms with Crippen LogP contribution in [0.25, 0.3) is 0 Å². The van der Waals surface area contributed by atoms with Crippen LogP contribution < -0.4 is 15.4 Å². The third-order valence-electron chi connectivity index (χ3n) is 6.87. The first-order valence-electron chi connectivity index (χ1n) is 11.7. The van der Waals surface area contributed by atoms with Crippen LogP contribution in [0.4, 0.5) is 13.2 Å². The van der Waals surface area contributed by atoms with Crippen molar-refractivity contribution in [2.45, 2.75) is 69.4 Å². The molecule has 2 heterocycles. The maximum atomic E-state index is 13.4. The number of para-hydroxylation sites is 1. The van der Waals surface area contributed by atoms with Gasteiger partial charge in [0.15, 0.2) is 12.1 Å². The minimum atomic E-state index is -4.56. The number of carbonyl (C=O) groups excluding carboxylic acids is 2. The van der Waals surface area contributed by atoms with E-state index in [1.54, 1.807) is 25.3 Å². The van der Waals surface area contributed by atoms with Crippen molar-refractivity contribution in [3.8, 4) is 5.75 Å². The highest BCUT2D eigenvalue weighted by Crippen LogP contribution is 2.46. The van der Waals surface area contributed by atoms with Gasteiger partial charge in [-0.3, -0.25) is 19.9 Å². The number of halogens is 3. The van der Waals surface area contributed by atoms with Crippen molar-refractivity contribution in [1.82, 2.24) is 15.5 Å².